The first-order valence-electron chi connectivity index (χ1n) is 4.30. The van der Waals surface area contributed by atoms with Crippen LogP contribution in [0.15, 0.2) is 24.4 Å². The van der Waals surface area contributed by atoms with Crippen LogP contribution in [0.4, 0.5) is 0 Å². The van der Waals surface area contributed by atoms with E-state index in [0.29, 0.717) is 5.75 Å². The third-order valence-electron chi connectivity index (χ3n) is 1.72. The molecule has 0 fully saturated rings. The Morgan fingerprint density at radius 3 is 2.54 bits per heavy atom. The van der Waals surface area contributed by atoms with Gasteiger partial charge in [-0.2, -0.15) is 4.55 Å². The van der Waals surface area contributed by atoms with Crippen molar-refractivity contribution in [3.63, 3.8) is 0 Å². The fourth-order valence-corrected chi connectivity index (χ4v) is 1.72. The number of hydrogen-bond donors (Lipinski definition) is 1. The molecular weight excluding hydrogens is 182 g/mol. The molecule has 1 heterocycles. The monoisotopic (exact) mass is 198 g/mol. The van der Waals surface area contributed by atoms with Gasteiger partial charge < -0.3 is 0 Å². The van der Waals surface area contributed by atoms with E-state index in [0.717, 1.165) is 5.69 Å². The SMILES string of the molecule is CC(C)(C)[S+](O)Cc1ccccn1. The lowest BCUT2D eigenvalue weighted by Gasteiger charge is -2.13. The van der Waals surface area contributed by atoms with Gasteiger partial charge >= 0.3 is 0 Å². The molecule has 0 aromatic carbocycles. The Kier molecular flexibility index (Phi) is 3.33. The first-order valence-corrected chi connectivity index (χ1v) is 5.65. The van der Waals surface area contributed by atoms with Crippen molar-refractivity contribution in [2.45, 2.75) is 31.3 Å². The minimum atomic E-state index is -0.601. The average Bonchev–Trinajstić information content (AvgIpc) is 2.04. The first kappa shape index (κ1) is 10.5. The summed E-state index contributed by atoms with van der Waals surface area (Å²) in [6.45, 7) is 6.12. The Balaban J connectivity index is 2.61. The molecule has 1 aromatic heterocycles. The molecule has 2 nitrogen and oxygen atoms in total. The van der Waals surface area contributed by atoms with Crippen LogP contribution in [0, 0.1) is 0 Å². The smallest absolute Gasteiger partial charge is 0.183 e. The van der Waals surface area contributed by atoms with Crippen molar-refractivity contribution in [2.24, 2.45) is 0 Å². The Morgan fingerprint density at radius 2 is 2.08 bits per heavy atom. The molecule has 1 atom stereocenters. The van der Waals surface area contributed by atoms with E-state index >= 15 is 0 Å². The van der Waals surface area contributed by atoms with Crippen molar-refractivity contribution < 1.29 is 4.55 Å². The number of aromatic nitrogens is 1. The van der Waals surface area contributed by atoms with Crippen molar-refractivity contribution in [1.82, 2.24) is 4.98 Å². The molecule has 0 spiro atoms. The van der Waals surface area contributed by atoms with E-state index in [1.165, 1.54) is 0 Å². The minimum absolute atomic E-state index is 0.0441. The molecule has 1 rings (SSSR count). The zero-order valence-electron chi connectivity index (χ0n) is 8.32. The van der Waals surface area contributed by atoms with Crippen LogP contribution >= 0.6 is 0 Å². The Morgan fingerprint density at radius 1 is 1.38 bits per heavy atom. The maximum Gasteiger partial charge on any atom is 0.183 e. The highest BCUT2D eigenvalue weighted by Crippen LogP contribution is 2.19. The maximum absolute atomic E-state index is 9.83. The van der Waals surface area contributed by atoms with Crippen LogP contribution in [-0.2, 0) is 16.9 Å². The lowest BCUT2D eigenvalue weighted by molar-refractivity contribution is 0.592. The summed E-state index contributed by atoms with van der Waals surface area (Å²) in [5, 5.41) is 0. The summed E-state index contributed by atoms with van der Waals surface area (Å²) < 4.78 is 9.78. The van der Waals surface area contributed by atoms with Crippen molar-refractivity contribution in [1.29, 1.82) is 0 Å². The van der Waals surface area contributed by atoms with Crippen molar-refractivity contribution in [2.75, 3.05) is 0 Å². The average molecular weight is 198 g/mol. The highest BCUT2D eigenvalue weighted by molar-refractivity contribution is 7.92. The Bertz CT molecular complexity index is 255. The van der Waals surface area contributed by atoms with Crippen molar-refractivity contribution >= 4 is 11.2 Å². The van der Waals surface area contributed by atoms with E-state index in [2.05, 4.69) is 4.98 Å². The van der Waals surface area contributed by atoms with E-state index in [1.807, 2.05) is 39.0 Å². The summed E-state index contributed by atoms with van der Waals surface area (Å²) in [4.78, 5) is 4.18. The second-order valence-corrected chi connectivity index (χ2v) is 6.19. The van der Waals surface area contributed by atoms with Gasteiger partial charge in [-0.3, -0.25) is 4.98 Å². The summed E-state index contributed by atoms with van der Waals surface area (Å²) >= 11 is -0.601. The van der Waals surface area contributed by atoms with Crippen LogP contribution < -0.4 is 0 Å². The van der Waals surface area contributed by atoms with Crippen molar-refractivity contribution in [3.8, 4) is 0 Å². The molecule has 1 unspecified atom stereocenters. The van der Waals surface area contributed by atoms with E-state index in [4.69, 9.17) is 0 Å². The van der Waals surface area contributed by atoms with Gasteiger partial charge in [0.1, 0.15) is 0 Å². The number of pyridine rings is 1. The number of hydrogen-bond acceptors (Lipinski definition) is 2. The van der Waals surface area contributed by atoms with Gasteiger partial charge in [0, 0.05) is 6.20 Å². The first-order chi connectivity index (χ1) is 6.00. The van der Waals surface area contributed by atoms with Crippen LogP contribution in [0.2, 0.25) is 0 Å². The standard InChI is InChI=1S/C10H16NOS/c1-10(2,3)13(12)8-9-6-4-5-7-11-9/h4-7,12H,8H2,1-3H3/q+1. The molecule has 1 aromatic rings. The van der Waals surface area contributed by atoms with Gasteiger partial charge in [0.2, 0.25) is 0 Å². The molecule has 0 saturated heterocycles. The molecular formula is C10H16NOS+. The van der Waals surface area contributed by atoms with E-state index in [1.54, 1.807) is 6.20 Å². The molecule has 0 radical (unpaired) electrons. The van der Waals surface area contributed by atoms with Crippen LogP contribution in [0.3, 0.4) is 0 Å². The minimum Gasteiger partial charge on any atom is -0.256 e. The van der Waals surface area contributed by atoms with Gasteiger partial charge in [0.15, 0.2) is 21.7 Å². The van der Waals surface area contributed by atoms with Gasteiger partial charge in [-0.15, -0.1) is 0 Å². The molecule has 3 heteroatoms. The predicted octanol–water partition coefficient (Wildman–Crippen LogP) is 2.47. The van der Waals surface area contributed by atoms with E-state index in [9.17, 15) is 4.55 Å². The molecule has 72 valence electrons. The molecule has 0 aliphatic rings. The summed E-state index contributed by atoms with van der Waals surface area (Å²) in [6, 6.07) is 5.78. The zero-order valence-corrected chi connectivity index (χ0v) is 9.14. The molecule has 0 saturated carbocycles. The molecule has 0 amide bonds. The fourth-order valence-electron chi connectivity index (χ4n) is 0.840. The van der Waals surface area contributed by atoms with Gasteiger partial charge in [-0.1, -0.05) is 6.07 Å². The highest BCUT2D eigenvalue weighted by atomic mass is 32.2. The summed E-state index contributed by atoms with van der Waals surface area (Å²) in [7, 11) is 0. The summed E-state index contributed by atoms with van der Waals surface area (Å²) in [5.41, 5.74) is 0.961. The highest BCUT2D eigenvalue weighted by Gasteiger charge is 2.33. The molecule has 1 N–H and O–H groups in total. The third-order valence-corrected chi connectivity index (χ3v) is 3.70. The summed E-state index contributed by atoms with van der Waals surface area (Å²) in [5.74, 6) is 0.657. The maximum atomic E-state index is 9.83. The lowest BCUT2D eigenvalue weighted by atomic mass is 10.3. The Hall–Kier alpha value is -0.540. The predicted molar refractivity (Wildman–Crippen MR) is 57.7 cm³/mol. The van der Waals surface area contributed by atoms with Crippen LogP contribution in [0.1, 0.15) is 26.5 Å². The quantitative estimate of drug-likeness (QED) is 0.741. The van der Waals surface area contributed by atoms with Crippen LogP contribution in [0.25, 0.3) is 0 Å². The number of rotatable bonds is 2. The Labute approximate surface area is 82.6 Å². The third kappa shape index (κ3) is 3.36. The number of nitrogens with zero attached hydrogens (tertiary/aromatic N) is 1. The van der Waals surface area contributed by atoms with Gasteiger partial charge in [0.25, 0.3) is 0 Å². The van der Waals surface area contributed by atoms with Crippen molar-refractivity contribution in [3.05, 3.63) is 30.1 Å². The van der Waals surface area contributed by atoms with Crippen LogP contribution in [0.5, 0.6) is 0 Å². The topological polar surface area (TPSA) is 33.1 Å². The largest absolute Gasteiger partial charge is 0.256 e. The normalized spacial score (nSPS) is 14.2. The van der Waals surface area contributed by atoms with Gasteiger partial charge in [-0.25, -0.2) is 0 Å². The second kappa shape index (κ2) is 4.11. The van der Waals surface area contributed by atoms with E-state index < -0.39 is 11.2 Å². The van der Waals surface area contributed by atoms with Crippen LogP contribution in [-0.4, -0.2) is 14.3 Å². The molecule has 13 heavy (non-hydrogen) atoms. The summed E-state index contributed by atoms with van der Waals surface area (Å²) in [6.07, 6.45) is 1.76. The second-order valence-electron chi connectivity index (χ2n) is 3.94. The molecule has 0 aliphatic carbocycles. The van der Waals surface area contributed by atoms with E-state index in [-0.39, 0.29) is 4.75 Å². The fraction of sp³-hybridized carbons (Fsp3) is 0.500. The van der Waals surface area contributed by atoms with Gasteiger partial charge in [-0.05, 0) is 32.9 Å². The van der Waals surface area contributed by atoms with Gasteiger partial charge in [0.05, 0.1) is 5.69 Å². The lowest BCUT2D eigenvalue weighted by Crippen LogP contribution is -2.29. The molecule has 0 bridgehead atoms. The molecule has 0 aliphatic heterocycles. The zero-order chi connectivity index (χ0) is 9.90.